The van der Waals surface area contributed by atoms with Crippen LogP contribution in [0.1, 0.15) is 36.8 Å². The standard InChI is InChI=1S/C20H30O2S4/c21-17(19-23-11-1-12-24-19)9-7-15-3-5-16(6-4-15)8-10-18(22)20-25-13-2-14-26-20/h3-6,17-22H,1-2,7-14H2/t17-,18-/m1/s1. The average Bonchev–Trinajstić information content (AvgIpc) is 2.72. The van der Waals surface area contributed by atoms with Crippen LogP contribution in [0, 0.1) is 0 Å². The number of thioether (sulfide) groups is 4. The third-order valence-corrected chi connectivity index (χ3v) is 11.1. The van der Waals surface area contributed by atoms with Gasteiger partial charge in [0.2, 0.25) is 0 Å². The van der Waals surface area contributed by atoms with Crippen molar-refractivity contribution < 1.29 is 10.2 Å². The molecule has 1 aromatic rings. The van der Waals surface area contributed by atoms with Crippen molar-refractivity contribution in [3.05, 3.63) is 35.4 Å². The van der Waals surface area contributed by atoms with Crippen LogP contribution in [0.5, 0.6) is 0 Å². The van der Waals surface area contributed by atoms with Gasteiger partial charge in [0.05, 0.1) is 21.4 Å². The molecule has 0 spiro atoms. The Labute approximate surface area is 175 Å². The first-order chi connectivity index (χ1) is 12.7. The maximum absolute atomic E-state index is 10.4. The maximum Gasteiger partial charge on any atom is 0.0761 e. The van der Waals surface area contributed by atoms with E-state index >= 15 is 0 Å². The van der Waals surface area contributed by atoms with E-state index in [1.54, 1.807) is 0 Å². The topological polar surface area (TPSA) is 40.5 Å². The van der Waals surface area contributed by atoms with Crippen molar-refractivity contribution in [3.63, 3.8) is 0 Å². The number of benzene rings is 1. The normalized spacial score (nSPS) is 22.2. The number of aliphatic hydroxyl groups excluding tert-OH is 2. The quantitative estimate of drug-likeness (QED) is 0.625. The summed E-state index contributed by atoms with van der Waals surface area (Å²) in [6, 6.07) is 8.78. The van der Waals surface area contributed by atoms with Crippen molar-refractivity contribution in [1.82, 2.24) is 0 Å². The molecule has 0 unspecified atom stereocenters. The lowest BCUT2D eigenvalue weighted by Crippen LogP contribution is -2.24. The van der Waals surface area contributed by atoms with Crippen LogP contribution in [-0.2, 0) is 12.8 Å². The molecule has 0 bridgehead atoms. The predicted octanol–water partition coefficient (Wildman–Crippen LogP) is 4.67. The Bertz CT molecular complexity index is 466. The van der Waals surface area contributed by atoms with Crippen molar-refractivity contribution in [1.29, 1.82) is 0 Å². The van der Waals surface area contributed by atoms with Crippen LogP contribution in [0.25, 0.3) is 0 Å². The first-order valence-electron chi connectivity index (χ1n) is 9.63. The molecule has 0 aromatic heterocycles. The summed E-state index contributed by atoms with van der Waals surface area (Å²) >= 11 is 7.66. The van der Waals surface area contributed by atoms with Crippen LogP contribution >= 0.6 is 47.0 Å². The Morgan fingerprint density at radius 2 is 1.04 bits per heavy atom. The minimum atomic E-state index is -0.203. The molecule has 0 saturated carbocycles. The molecule has 2 atom stereocenters. The van der Waals surface area contributed by atoms with Gasteiger partial charge in [-0.15, -0.1) is 47.0 Å². The molecule has 2 nitrogen and oxygen atoms in total. The molecule has 1 aromatic carbocycles. The van der Waals surface area contributed by atoms with Gasteiger partial charge in [-0.25, -0.2) is 0 Å². The minimum Gasteiger partial charge on any atom is -0.391 e. The summed E-state index contributed by atoms with van der Waals surface area (Å²) in [6.45, 7) is 0. The van der Waals surface area contributed by atoms with Gasteiger partial charge in [0.15, 0.2) is 0 Å². The Morgan fingerprint density at radius 1 is 0.692 bits per heavy atom. The zero-order chi connectivity index (χ0) is 18.2. The monoisotopic (exact) mass is 430 g/mol. The van der Waals surface area contributed by atoms with Crippen LogP contribution in [0.2, 0.25) is 0 Å². The van der Waals surface area contributed by atoms with E-state index in [1.807, 2.05) is 47.0 Å². The van der Waals surface area contributed by atoms with Crippen molar-refractivity contribution in [2.75, 3.05) is 23.0 Å². The molecule has 3 rings (SSSR count). The summed E-state index contributed by atoms with van der Waals surface area (Å²) in [5.41, 5.74) is 2.61. The third kappa shape index (κ3) is 6.85. The van der Waals surface area contributed by atoms with Gasteiger partial charge >= 0.3 is 0 Å². The smallest absolute Gasteiger partial charge is 0.0761 e. The van der Waals surface area contributed by atoms with E-state index in [4.69, 9.17) is 0 Å². The Balaban J connectivity index is 1.38. The third-order valence-electron chi connectivity index (χ3n) is 4.81. The molecular weight excluding hydrogens is 400 g/mol. The van der Waals surface area contributed by atoms with E-state index < -0.39 is 0 Å². The molecule has 0 aliphatic carbocycles. The van der Waals surface area contributed by atoms with Crippen LogP contribution < -0.4 is 0 Å². The zero-order valence-electron chi connectivity index (χ0n) is 15.2. The number of aryl methyl sites for hydroxylation is 2. The fraction of sp³-hybridized carbons (Fsp3) is 0.700. The van der Waals surface area contributed by atoms with E-state index in [-0.39, 0.29) is 12.2 Å². The van der Waals surface area contributed by atoms with Crippen molar-refractivity contribution >= 4 is 47.0 Å². The maximum atomic E-state index is 10.4. The molecule has 2 N–H and O–H groups in total. The largest absolute Gasteiger partial charge is 0.391 e. The number of rotatable bonds is 8. The van der Waals surface area contributed by atoms with Crippen LogP contribution in [0.3, 0.4) is 0 Å². The van der Waals surface area contributed by atoms with Crippen molar-refractivity contribution in [2.45, 2.75) is 59.9 Å². The highest BCUT2D eigenvalue weighted by molar-refractivity contribution is 8.18. The summed E-state index contributed by atoms with van der Waals surface area (Å²) in [6.07, 6.45) is 5.71. The lowest BCUT2D eigenvalue weighted by molar-refractivity contribution is 0.181. The molecule has 2 saturated heterocycles. The number of hydrogen-bond acceptors (Lipinski definition) is 6. The van der Waals surface area contributed by atoms with Crippen LogP contribution in [-0.4, -0.2) is 54.6 Å². The Morgan fingerprint density at radius 3 is 1.38 bits per heavy atom. The summed E-state index contributed by atoms with van der Waals surface area (Å²) < 4.78 is 0.722. The molecule has 0 amide bonds. The summed E-state index contributed by atoms with van der Waals surface area (Å²) in [4.78, 5) is 0. The van der Waals surface area contributed by atoms with Gasteiger partial charge in [-0.3, -0.25) is 0 Å². The van der Waals surface area contributed by atoms with E-state index in [9.17, 15) is 10.2 Å². The van der Waals surface area contributed by atoms with E-state index in [2.05, 4.69) is 24.3 Å². The van der Waals surface area contributed by atoms with Gasteiger partial charge in [-0.2, -0.15) is 0 Å². The minimum absolute atomic E-state index is 0.203. The van der Waals surface area contributed by atoms with Gasteiger partial charge in [0.1, 0.15) is 0 Å². The van der Waals surface area contributed by atoms with Gasteiger partial charge in [0, 0.05) is 0 Å². The second-order valence-electron chi connectivity index (χ2n) is 6.96. The van der Waals surface area contributed by atoms with Crippen molar-refractivity contribution in [3.8, 4) is 0 Å². The summed E-state index contributed by atoms with van der Waals surface area (Å²) in [5, 5.41) is 20.8. The van der Waals surface area contributed by atoms with Gasteiger partial charge in [-0.1, -0.05) is 24.3 Å². The highest BCUT2D eigenvalue weighted by atomic mass is 32.2. The van der Waals surface area contributed by atoms with Crippen LogP contribution in [0.15, 0.2) is 24.3 Å². The summed E-state index contributed by atoms with van der Waals surface area (Å²) in [5.74, 6) is 4.75. The molecule has 2 heterocycles. The van der Waals surface area contributed by atoms with Crippen molar-refractivity contribution in [2.24, 2.45) is 0 Å². The SMILES string of the molecule is O[C@H](CCc1ccc(CC[C@@H](O)C2SCCCS2)cc1)C1SCCCS1. The van der Waals surface area contributed by atoms with E-state index in [0.717, 1.165) is 25.7 Å². The van der Waals surface area contributed by atoms with Crippen LogP contribution in [0.4, 0.5) is 0 Å². The second kappa shape index (κ2) is 11.5. The highest BCUT2D eigenvalue weighted by Gasteiger charge is 2.23. The first kappa shape index (κ1) is 21.3. The molecular formula is C20H30O2S4. The molecule has 26 heavy (non-hydrogen) atoms. The average molecular weight is 431 g/mol. The zero-order valence-corrected chi connectivity index (χ0v) is 18.5. The Hall–Kier alpha value is 0.540. The highest BCUT2D eigenvalue weighted by Crippen LogP contribution is 2.35. The molecule has 6 heteroatoms. The predicted molar refractivity (Wildman–Crippen MR) is 122 cm³/mol. The van der Waals surface area contributed by atoms with E-state index in [0.29, 0.717) is 9.16 Å². The molecule has 2 aliphatic rings. The van der Waals surface area contributed by atoms with Gasteiger partial charge in [0.25, 0.3) is 0 Å². The number of aliphatic hydroxyl groups is 2. The second-order valence-corrected chi connectivity index (χ2v) is 12.6. The van der Waals surface area contributed by atoms with Gasteiger partial charge in [-0.05, 0) is 72.7 Å². The fourth-order valence-corrected chi connectivity index (χ4v) is 9.13. The number of hydrogen-bond donors (Lipinski definition) is 2. The lowest BCUT2D eigenvalue weighted by Gasteiger charge is -2.26. The Kier molecular flexibility index (Phi) is 9.42. The summed E-state index contributed by atoms with van der Waals surface area (Å²) in [7, 11) is 0. The molecule has 2 aliphatic heterocycles. The fourth-order valence-electron chi connectivity index (χ4n) is 3.23. The lowest BCUT2D eigenvalue weighted by atomic mass is 10.0. The van der Waals surface area contributed by atoms with E-state index in [1.165, 1.54) is 47.0 Å². The molecule has 2 fully saturated rings. The van der Waals surface area contributed by atoms with Gasteiger partial charge < -0.3 is 10.2 Å². The molecule has 146 valence electrons. The first-order valence-corrected chi connectivity index (χ1v) is 13.8. The molecule has 0 radical (unpaired) electrons.